The fourth-order valence-corrected chi connectivity index (χ4v) is 3.97. The fraction of sp³-hybridized carbons (Fsp3) is 0.120. The number of nitro benzene ring substituents is 1. The molecule has 0 spiro atoms. The van der Waals surface area contributed by atoms with E-state index in [4.69, 9.17) is 5.73 Å². The lowest BCUT2D eigenvalue weighted by molar-refractivity contribution is -0.384. The molecule has 3 N–H and O–H groups in total. The third kappa shape index (κ3) is 4.41. The molecule has 0 saturated heterocycles. The van der Waals surface area contributed by atoms with Crippen molar-refractivity contribution in [2.45, 2.75) is 18.9 Å². The van der Waals surface area contributed by atoms with Gasteiger partial charge in [-0.2, -0.15) is 0 Å². The van der Waals surface area contributed by atoms with Crippen molar-refractivity contribution in [2.75, 3.05) is 0 Å². The molecule has 1 atom stereocenters. The second-order valence-electron chi connectivity index (χ2n) is 7.63. The molecule has 160 valence electrons. The van der Waals surface area contributed by atoms with Crippen molar-refractivity contribution in [3.8, 4) is 0 Å². The van der Waals surface area contributed by atoms with Crippen molar-refractivity contribution in [1.29, 1.82) is 0 Å². The number of nitrogens with one attached hydrogen (secondary N) is 1. The number of nitrogens with two attached hydrogens (primary N) is 1. The van der Waals surface area contributed by atoms with Crippen LogP contribution in [0.25, 0.3) is 21.5 Å². The van der Waals surface area contributed by atoms with Gasteiger partial charge in [-0.3, -0.25) is 19.7 Å². The zero-order valence-corrected chi connectivity index (χ0v) is 17.2. The summed E-state index contributed by atoms with van der Waals surface area (Å²) in [5.74, 6) is -1.08. The van der Waals surface area contributed by atoms with E-state index in [1.807, 2.05) is 48.5 Å². The van der Waals surface area contributed by atoms with Gasteiger partial charge >= 0.3 is 0 Å². The van der Waals surface area contributed by atoms with E-state index in [-0.39, 0.29) is 18.5 Å². The van der Waals surface area contributed by atoms with Crippen LogP contribution in [0.3, 0.4) is 0 Å². The number of fused-ring (bicyclic) bond motifs is 2. The average molecular weight is 427 g/mol. The van der Waals surface area contributed by atoms with Gasteiger partial charge in [-0.25, -0.2) is 0 Å². The van der Waals surface area contributed by atoms with Crippen molar-refractivity contribution in [1.82, 2.24) is 5.32 Å². The summed E-state index contributed by atoms with van der Waals surface area (Å²) in [5.41, 5.74) is 6.95. The van der Waals surface area contributed by atoms with E-state index in [9.17, 15) is 19.7 Å². The van der Waals surface area contributed by atoms with Crippen molar-refractivity contribution >= 4 is 39.0 Å². The maximum absolute atomic E-state index is 12.6. The van der Waals surface area contributed by atoms with E-state index < -0.39 is 22.8 Å². The van der Waals surface area contributed by atoms with Gasteiger partial charge in [-0.05, 0) is 38.7 Å². The number of primary amides is 1. The zero-order chi connectivity index (χ0) is 22.7. The molecule has 0 heterocycles. The first kappa shape index (κ1) is 21.0. The molecular formula is C25H21N3O4. The first-order valence-electron chi connectivity index (χ1n) is 10.1. The molecule has 7 nitrogen and oxygen atoms in total. The standard InChI is InChI=1S/C25H21N3O4/c26-25(30)23(27-24(29)13-16-6-5-9-19(12-16)28(31)32)15-22-20-10-3-1-7-17(20)14-18-8-2-4-11-21(18)22/h1-12,14,23H,13,15H2,(H2,26,30)(H,27,29)/t23-/m0/s1. The summed E-state index contributed by atoms with van der Waals surface area (Å²) < 4.78 is 0. The maximum atomic E-state index is 12.6. The van der Waals surface area contributed by atoms with E-state index in [1.54, 1.807) is 6.07 Å². The van der Waals surface area contributed by atoms with E-state index in [0.717, 1.165) is 27.1 Å². The summed E-state index contributed by atoms with van der Waals surface area (Å²) in [5, 5.41) is 17.7. The summed E-state index contributed by atoms with van der Waals surface area (Å²) in [6, 6.07) is 22.8. The largest absolute Gasteiger partial charge is 0.368 e. The molecule has 0 fully saturated rings. The molecule has 0 aliphatic carbocycles. The third-order valence-corrected chi connectivity index (χ3v) is 5.46. The smallest absolute Gasteiger partial charge is 0.269 e. The van der Waals surface area contributed by atoms with Crippen LogP contribution in [0, 0.1) is 10.1 Å². The van der Waals surface area contributed by atoms with E-state index in [2.05, 4.69) is 11.4 Å². The minimum absolute atomic E-state index is 0.0935. The van der Waals surface area contributed by atoms with Gasteiger partial charge in [0.1, 0.15) is 6.04 Å². The number of carbonyl (C=O) groups excluding carboxylic acids is 2. The third-order valence-electron chi connectivity index (χ3n) is 5.46. The number of amides is 2. The van der Waals surface area contributed by atoms with Crippen LogP contribution in [0.2, 0.25) is 0 Å². The van der Waals surface area contributed by atoms with Crippen LogP contribution in [0.15, 0.2) is 78.9 Å². The SMILES string of the molecule is NC(=O)[C@H](Cc1c2ccccc2cc2ccccc12)NC(=O)Cc1cccc([N+](=O)[O-])c1. The molecule has 0 aliphatic heterocycles. The minimum Gasteiger partial charge on any atom is -0.368 e. The summed E-state index contributed by atoms with van der Waals surface area (Å²) >= 11 is 0. The number of hydrogen-bond acceptors (Lipinski definition) is 4. The quantitative estimate of drug-likeness (QED) is 0.266. The van der Waals surface area contributed by atoms with Gasteiger partial charge in [0.25, 0.3) is 5.69 Å². The molecule has 0 radical (unpaired) electrons. The average Bonchev–Trinajstić information content (AvgIpc) is 2.78. The number of nitrogens with zero attached hydrogens (tertiary/aromatic N) is 1. The van der Waals surface area contributed by atoms with E-state index in [0.29, 0.717) is 5.56 Å². The van der Waals surface area contributed by atoms with Crippen LogP contribution >= 0.6 is 0 Å². The monoisotopic (exact) mass is 427 g/mol. The van der Waals surface area contributed by atoms with Crippen molar-refractivity contribution in [3.63, 3.8) is 0 Å². The molecule has 0 aliphatic rings. The Morgan fingerprint density at radius 2 is 1.53 bits per heavy atom. The Hall–Kier alpha value is -4.26. The summed E-state index contributed by atoms with van der Waals surface area (Å²) in [6.45, 7) is 0. The number of carbonyl (C=O) groups is 2. The molecule has 0 bridgehead atoms. The molecule has 4 rings (SSSR count). The summed E-state index contributed by atoms with van der Waals surface area (Å²) in [6.07, 6.45) is 0.139. The summed E-state index contributed by atoms with van der Waals surface area (Å²) in [7, 11) is 0. The Morgan fingerprint density at radius 3 is 2.12 bits per heavy atom. The molecule has 4 aromatic rings. The van der Waals surface area contributed by atoms with Crippen molar-refractivity contribution in [2.24, 2.45) is 5.73 Å². The number of hydrogen-bond donors (Lipinski definition) is 2. The molecule has 7 heteroatoms. The Bertz CT molecular complexity index is 1300. The van der Waals surface area contributed by atoms with Crippen LogP contribution < -0.4 is 11.1 Å². The number of non-ortho nitro benzene ring substituents is 1. The molecule has 0 saturated carbocycles. The zero-order valence-electron chi connectivity index (χ0n) is 17.2. The minimum atomic E-state index is -0.921. The van der Waals surface area contributed by atoms with Gasteiger partial charge < -0.3 is 11.1 Å². The molecule has 0 unspecified atom stereocenters. The van der Waals surface area contributed by atoms with Crippen molar-refractivity contribution < 1.29 is 14.5 Å². The fourth-order valence-electron chi connectivity index (χ4n) is 3.97. The highest BCUT2D eigenvalue weighted by atomic mass is 16.6. The predicted molar refractivity (Wildman–Crippen MR) is 123 cm³/mol. The van der Waals surface area contributed by atoms with Gasteiger partial charge in [-0.15, -0.1) is 0 Å². The van der Waals surface area contributed by atoms with Gasteiger partial charge in [0.05, 0.1) is 11.3 Å². The second-order valence-corrected chi connectivity index (χ2v) is 7.63. The lowest BCUT2D eigenvalue weighted by Crippen LogP contribution is -2.46. The molecule has 4 aromatic carbocycles. The Balaban J connectivity index is 1.62. The topological polar surface area (TPSA) is 115 Å². The molecule has 2 amide bonds. The Kier molecular flexibility index (Phi) is 5.81. The van der Waals surface area contributed by atoms with Crippen LogP contribution in [-0.4, -0.2) is 22.8 Å². The van der Waals surface area contributed by atoms with Crippen molar-refractivity contribution in [3.05, 3.63) is 100 Å². The van der Waals surface area contributed by atoms with Gasteiger partial charge in [0, 0.05) is 18.6 Å². The van der Waals surface area contributed by atoms with Gasteiger partial charge in [-0.1, -0.05) is 60.7 Å². The Labute approximate surface area is 184 Å². The van der Waals surface area contributed by atoms with E-state index in [1.165, 1.54) is 18.2 Å². The van der Waals surface area contributed by atoms with Gasteiger partial charge in [0.15, 0.2) is 0 Å². The highest BCUT2D eigenvalue weighted by Crippen LogP contribution is 2.29. The van der Waals surface area contributed by atoms with Crippen LogP contribution in [-0.2, 0) is 22.4 Å². The van der Waals surface area contributed by atoms with Crippen LogP contribution in [0.1, 0.15) is 11.1 Å². The normalized spacial score (nSPS) is 11.9. The number of benzene rings is 4. The number of nitro groups is 1. The first-order chi connectivity index (χ1) is 15.4. The molecule has 0 aromatic heterocycles. The highest BCUT2D eigenvalue weighted by molar-refractivity contribution is 6.03. The highest BCUT2D eigenvalue weighted by Gasteiger charge is 2.21. The molecule has 32 heavy (non-hydrogen) atoms. The van der Waals surface area contributed by atoms with Crippen LogP contribution in [0.4, 0.5) is 5.69 Å². The summed E-state index contributed by atoms with van der Waals surface area (Å²) in [4.78, 5) is 35.3. The maximum Gasteiger partial charge on any atom is 0.269 e. The first-order valence-corrected chi connectivity index (χ1v) is 10.1. The van der Waals surface area contributed by atoms with E-state index >= 15 is 0 Å². The lowest BCUT2D eigenvalue weighted by Gasteiger charge is -2.19. The Morgan fingerprint density at radius 1 is 0.906 bits per heavy atom. The lowest BCUT2D eigenvalue weighted by atomic mass is 9.92. The van der Waals surface area contributed by atoms with Gasteiger partial charge in [0.2, 0.25) is 11.8 Å². The number of rotatable bonds is 7. The predicted octanol–water partition coefficient (Wildman–Crippen LogP) is 3.66. The second kappa shape index (κ2) is 8.85. The molecular weight excluding hydrogens is 406 g/mol. The van der Waals surface area contributed by atoms with Crippen LogP contribution in [0.5, 0.6) is 0 Å².